The van der Waals surface area contributed by atoms with Crippen LogP contribution < -0.4 is 5.32 Å². The van der Waals surface area contributed by atoms with Crippen molar-refractivity contribution in [1.82, 2.24) is 5.32 Å². The van der Waals surface area contributed by atoms with Gasteiger partial charge in [0.2, 0.25) is 0 Å². The predicted molar refractivity (Wildman–Crippen MR) is 204 cm³/mol. The van der Waals surface area contributed by atoms with E-state index in [4.69, 9.17) is 28.4 Å². The molecule has 1 fully saturated rings. The van der Waals surface area contributed by atoms with Gasteiger partial charge in [0.25, 0.3) is 5.91 Å². The summed E-state index contributed by atoms with van der Waals surface area (Å²) in [6.45, 7) is 3.93. The van der Waals surface area contributed by atoms with Crippen LogP contribution in [-0.4, -0.2) is 56.4 Å². The van der Waals surface area contributed by atoms with Crippen molar-refractivity contribution in [3.8, 4) is 0 Å². The summed E-state index contributed by atoms with van der Waals surface area (Å²) in [6, 6.07) is 47.8. The van der Waals surface area contributed by atoms with Crippen molar-refractivity contribution in [3.05, 3.63) is 179 Å². The Morgan fingerprint density at radius 2 is 1.08 bits per heavy atom. The molecule has 276 valence electrons. The third-order valence-electron chi connectivity index (χ3n) is 9.35. The zero-order valence-corrected chi connectivity index (χ0v) is 30.5. The smallest absolute Gasteiger partial charge is 0.251 e. The number of hydrogen-bond acceptors (Lipinski definition) is 7. The summed E-state index contributed by atoms with van der Waals surface area (Å²) in [5.74, 6) is -1.37. The van der Waals surface area contributed by atoms with E-state index in [0.29, 0.717) is 45.0 Å². The lowest BCUT2D eigenvalue weighted by Gasteiger charge is -2.51. The predicted octanol–water partition coefficient (Wildman–Crippen LogP) is 7.69. The molecule has 1 saturated heterocycles. The van der Waals surface area contributed by atoms with Crippen LogP contribution in [0.3, 0.4) is 0 Å². The van der Waals surface area contributed by atoms with E-state index in [-0.39, 0.29) is 12.5 Å². The first-order chi connectivity index (χ1) is 26.0. The lowest BCUT2D eigenvalue weighted by Crippen LogP contribution is -2.67. The van der Waals surface area contributed by atoms with Crippen LogP contribution in [0.1, 0.15) is 45.1 Å². The SMILES string of the molecule is CNC(=O)c1ccc(CCO[C@@]2(C)O[C@H](COCc3ccccc3)[C@@H](OCc3ccccc3)[C@H](OCc3ccccc3)[C@@H]2OCc2ccccc2)cc1. The molecular formula is C45H49NO7. The third-order valence-corrected chi connectivity index (χ3v) is 9.35. The fourth-order valence-corrected chi connectivity index (χ4v) is 6.49. The Kier molecular flexibility index (Phi) is 13.9. The van der Waals surface area contributed by atoms with E-state index in [2.05, 4.69) is 5.32 Å². The topological polar surface area (TPSA) is 84.5 Å². The highest BCUT2D eigenvalue weighted by Gasteiger charge is 2.55. The minimum Gasteiger partial charge on any atom is -0.374 e. The van der Waals surface area contributed by atoms with Crippen molar-refractivity contribution in [2.75, 3.05) is 20.3 Å². The van der Waals surface area contributed by atoms with Gasteiger partial charge in [-0.3, -0.25) is 4.79 Å². The molecule has 6 rings (SSSR count). The van der Waals surface area contributed by atoms with Gasteiger partial charge in [-0.2, -0.15) is 0 Å². The van der Waals surface area contributed by atoms with E-state index in [0.717, 1.165) is 27.8 Å². The van der Waals surface area contributed by atoms with Gasteiger partial charge in [0.05, 0.1) is 39.6 Å². The summed E-state index contributed by atoms with van der Waals surface area (Å²) in [5.41, 5.74) is 5.78. The third kappa shape index (κ3) is 10.9. The van der Waals surface area contributed by atoms with Gasteiger partial charge >= 0.3 is 0 Å². The van der Waals surface area contributed by atoms with Gasteiger partial charge in [0.15, 0.2) is 5.79 Å². The molecule has 0 spiro atoms. The van der Waals surface area contributed by atoms with Gasteiger partial charge in [0.1, 0.15) is 24.4 Å². The Labute approximate surface area is 313 Å². The molecular weight excluding hydrogens is 666 g/mol. The quantitative estimate of drug-likeness (QED) is 0.0996. The van der Waals surface area contributed by atoms with Crippen LogP contribution >= 0.6 is 0 Å². The number of nitrogens with one attached hydrogen (secondary N) is 1. The summed E-state index contributed by atoms with van der Waals surface area (Å²) in [4.78, 5) is 12.1. The normalized spacial score (nSPS) is 21.2. The summed E-state index contributed by atoms with van der Waals surface area (Å²) in [5, 5.41) is 2.67. The van der Waals surface area contributed by atoms with E-state index >= 15 is 0 Å². The molecule has 0 aromatic heterocycles. The first-order valence-electron chi connectivity index (χ1n) is 18.2. The Morgan fingerprint density at radius 1 is 0.604 bits per heavy atom. The number of ether oxygens (including phenoxy) is 6. The zero-order chi connectivity index (χ0) is 36.7. The molecule has 1 aliphatic rings. The van der Waals surface area contributed by atoms with E-state index in [1.54, 1.807) is 7.05 Å². The van der Waals surface area contributed by atoms with Crippen molar-refractivity contribution < 1.29 is 33.2 Å². The number of benzene rings is 5. The van der Waals surface area contributed by atoms with Crippen molar-refractivity contribution in [2.45, 2.75) is 70.0 Å². The second-order valence-electron chi connectivity index (χ2n) is 13.3. The second-order valence-corrected chi connectivity index (χ2v) is 13.3. The van der Waals surface area contributed by atoms with E-state index in [9.17, 15) is 4.79 Å². The number of rotatable bonds is 18. The molecule has 8 nitrogen and oxygen atoms in total. The van der Waals surface area contributed by atoms with Gasteiger partial charge in [-0.15, -0.1) is 0 Å². The van der Waals surface area contributed by atoms with Gasteiger partial charge in [0, 0.05) is 12.6 Å². The molecule has 1 aliphatic heterocycles. The fourth-order valence-electron chi connectivity index (χ4n) is 6.49. The highest BCUT2D eigenvalue weighted by molar-refractivity contribution is 5.93. The molecule has 0 radical (unpaired) electrons. The molecule has 5 aromatic carbocycles. The molecule has 1 N–H and O–H groups in total. The van der Waals surface area contributed by atoms with Crippen molar-refractivity contribution in [1.29, 1.82) is 0 Å². The number of hydrogen-bond donors (Lipinski definition) is 1. The minimum atomic E-state index is -1.24. The average Bonchev–Trinajstić information content (AvgIpc) is 3.21. The van der Waals surface area contributed by atoms with E-state index < -0.39 is 30.2 Å². The maximum absolute atomic E-state index is 12.1. The molecule has 0 bridgehead atoms. The van der Waals surface area contributed by atoms with Gasteiger partial charge in [-0.1, -0.05) is 133 Å². The number of carbonyl (C=O) groups is 1. The number of amides is 1. The van der Waals surface area contributed by atoms with Crippen molar-refractivity contribution in [3.63, 3.8) is 0 Å². The standard InChI is InChI=1S/C45H49NO7/c1-45(52-28-27-34-23-25-39(26-24-34)44(47)46-2)43(51-32-38-21-13-6-14-22-38)42(50-31-37-19-11-5-12-20-37)41(49-30-36-17-9-4-10-18-36)40(53-45)33-48-29-35-15-7-3-8-16-35/h3-26,40-43H,27-33H2,1-2H3,(H,46,47)/t40-,41-,42+,43+,45+/m1/s1. The molecule has 5 atom stereocenters. The Hall–Kier alpha value is -4.67. The molecule has 0 aliphatic carbocycles. The van der Waals surface area contributed by atoms with Crippen molar-refractivity contribution >= 4 is 5.91 Å². The molecule has 0 saturated carbocycles. The Balaban J connectivity index is 1.30. The summed E-state index contributed by atoms with van der Waals surface area (Å²) in [7, 11) is 1.62. The van der Waals surface area contributed by atoms with Gasteiger partial charge in [-0.05, 0) is 53.3 Å². The summed E-state index contributed by atoms with van der Waals surface area (Å²) < 4.78 is 40.5. The van der Waals surface area contributed by atoms with Crippen LogP contribution in [0.25, 0.3) is 0 Å². The largest absolute Gasteiger partial charge is 0.374 e. The Bertz CT molecular complexity index is 1790. The first kappa shape index (κ1) is 38.1. The number of carbonyl (C=O) groups excluding carboxylic acids is 1. The lowest BCUT2D eigenvalue weighted by atomic mass is 9.92. The Morgan fingerprint density at radius 3 is 1.58 bits per heavy atom. The molecule has 8 heteroatoms. The maximum Gasteiger partial charge on any atom is 0.251 e. The molecule has 53 heavy (non-hydrogen) atoms. The maximum atomic E-state index is 12.1. The molecule has 5 aromatic rings. The van der Waals surface area contributed by atoms with Crippen LogP contribution in [0.15, 0.2) is 146 Å². The highest BCUT2D eigenvalue weighted by Crippen LogP contribution is 2.38. The van der Waals surface area contributed by atoms with Crippen LogP contribution in [0, 0.1) is 0 Å². The van der Waals surface area contributed by atoms with Gasteiger partial charge < -0.3 is 33.7 Å². The highest BCUT2D eigenvalue weighted by atomic mass is 16.7. The monoisotopic (exact) mass is 715 g/mol. The summed E-state index contributed by atoms with van der Waals surface area (Å²) in [6.07, 6.45) is -1.82. The average molecular weight is 716 g/mol. The van der Waals surface area contributed by atoms with Crippen molar-refractivity contribution in [2.24, 2.45) is 0 Å². The second kappa shape index (κ2) is 19.4. The summed E-state index contributed by atoms with van der Waals surface area (Å²) >= 11 is 0. The van der Waals surface area contributed by atoms with Crippen LogP contribution in [0.5, 0.6) is 0 Å². The molecule has 1 amide bonds. The lowest BCUT2D eigenvalue weighted by molar-refractivity contribution is -0.376. The fraction of sp³-hybridized carbons (Fsp3) is 0.311. The van der Waals surface area contributed by atoms with Crippen LogP contribution in [0.4, 0.5) is 0 Å². The van der Waals surface area contributed by atoms with Crippen LogP contribution in [0.2, 0.25) is 0 Å². The molecule has 1 heterocycles. The van der Waals surface area contributed by atoms with Gasteiger partial charge in [-0.25, -0.2) is 0 Å². The minimum absolute atomic E-state index is 0.125. The zero-order valence-electron chi connectivity index (χ0n) is 30.5. The van der Waals surface area contributed by atoms with E-state index in [1.165, 1.54) is 0 Å². The van der Waals surface area contributed by atoms with E-state index in [1.807, 2.05) is 153 Å². The van der Waals surface area contributed by atoms with Crippen LogP contribution in [-0.2, 0) is 61.3 Å². The molecule has 0 unspecified atom stereocenters. The first-order valence-corrected chi connectivity index (χ1v) is 18.2.